The maximum atomic E-state index is 15.5. The van der Waals surface area contributed by atoms with Gasteiger partial charge in [-0.05, 0) is 95.5 Å². The van der Waals surface area contributed by atoms with Crippen molar-refractivity contribution in [2.45, 2.75) is 98.4 Å². The molecular formula is C53H61Cl2F4N2NaO9Si. The van der Waals surface area contributed by atoms with Crippen LogP contribution in [0.1, 0.15) is 110 Å². The zero-order chi connectivity index (χ0) is 53.4. The van der Waals surface area contributed by atoms with Crippen LogP contribution in [-0.2, 0) is 22.0 Å². The van der Waals surface area contributed by atoms with E-state index >= 15 is 4.39 Å². The van der Waals surface area contributed by atoms with Crippen LogP contribution in [0.2, 0.25) is 28.2 Å². The zero-order valence-electron chi connectivity index (χ0n) is 42.7. The molecule has 72 heavy (non-hydrogen) atoms. The number of nitrogens with zero attached hydrogens (tertiary/aromatic N) is 2. The topological polar surface area (TPSA) is 160 Å². The third-order valence-corrected chi connectivity index (χ3v) is 17.9. The number of hydrogen-bond donors (Lipinski definition) is 2. The number of pyridine rings is 2. The standard InChI is InChI=1S/C30H38ClF2NO4Si.C22H20ClF2NO4.CH3O.Na/c1-9-37-29(36)22-16-34(26(18(2)3)17-38-39(7,8)30(4,5)6)25-15-24(32)20(14-21(25)28(22)35)13-19-11-10-12-23(31)27(19)33;1-11(2)19(10-27)26-9-15(22(29)30)21(28)14-7-13(17(24)8-18(14)26)6-12-4-3-5-16(23)20(12)25;1-2;/h10-12,14-16,18,26H,9,13,17H2,1-8H3;3-5,7-9,11,19,27H,6,10H2,1-2H3,(H,29,30);1H3;/q;;-1;+1/t26-;19-;;/m11../s1. The largest absolute Gasteiger partial charge is 1.00 e. The van der Waals surface area contributed by atoms with Crippen molar-refractivity contribution < 1.29 is 81.2 Å². The normalized spacial score (nSPS) is 12.5. The van der Waals surface area contributed by atoms with Gasteiger partial charge in [0.15, 0.2) is 8.32 Å². The molecule has 11 nitrogen and oxygen atoms in total. The summed E-state index contributed by atoms with van der Waals surface area (Å²) in [7, 11) is -1.38. The summed E-state index contributed by atoms with van der Waals surface area (Å²) in [6, 6.07) is 13.1. The number of carbonyl (C=O) groups excluding carboxylic acids is 1. The number of carbonyl (C=O) groups is 2. The predicted octanol–water partition coefficient (Wildman–Crippen LogP) is 8.31. The van der Waals surface area contributed by atoms with E-state index < -0.39 is 66.0 Å². The van der Waals surface area contributed by atoms with E-state index in [1.165, 1.54) is 59.3 Å². The second-order valence-electron chi connectivity index (χ2n) is 19.2. The fraction of sp³-hybridized carbons (Fsp3) is 0.396. The van der Waals surface area contributed by atoms with Crippen molar-refractivity contribution >= 4 is 65.3 Å². The second kappa shape index (κ2) is 26.2. The average molecular weight is 1070 g/mol. The number of rotatable bonds is 15. The number of aliphatic hydroxyl groups is 1. The van der Waals surface area contributed by atoms with E-state index in [0.29, 0.717) is 12.1 Å². The van der Waals surface area contributed by atoms with E-state index in [1.807, 2.05) is 27.7 Å². The molecule has 19 heteroatoms. The number of carboxylic acid groups (broad SMARTS) is 1. The van der Waals surface area contributed by atoms with Crippen LogP contribution < -0.4 is 45.5 Å². The number of ether oxygens (including phenoxy) is 1. The molecular weight excluding hydrogens is 1010 g/mol. The summed E-state index contributed by atoms with van der Waals surface area (Å²) in [5.41, 5.74) is -1.00. The summed E-state index contributed by atoms with van der Waals surface area (Å²) in [5, 5.41) is 27.4. The van der Waals surface area contributed by atoms with E-state index in [-0.39, 0.29) is 133 Å². The number of esters is 1. The summed E-state index contributed by atoms with van der Waals surface area (Å²) in [6.45, 7) is 20.2. The maximum absolute atomic E-state index is 15.5. The first-order valence-corrected chi connectivity index (χ1v) is 26.6. The van der Waals surface area contributed by atoms with Crippen LogP contribution in [0, 0.1) is 35.1 Å². The van der Waals surface area contributed by atoms with Crippen LogP contribution in [0.5, 0.6) is 0 Å². The third kappa shape index (κ3) is 14.1. The molecule has 6 rings (SSSR count). The summed E-state index contributed by atoms with van der Waals surface area (Å²) < 4.78 is 74.2. The molecule has 2 atom stereocenters. The number of benzene rings is 4. The van der Waals surface area contributed by atoms with Crippen molar-refractivity contribution in [1.29, 1.82) is 0 Å². The van der Waals surface area contributed by atoms with Crippen LogP contribution in [0.15, 0.2) is 82.6 Å². The molecule has 0 saturated carbocycles. The smallest absolute Gasteiger partial charge is 0.857 e. The van der Waals surface area contributed by atoms with E-state index in [1.54, 1.807) is 17.6 Å². The number of halogens is 6. The van der Waals surface area contributed by atoms with Crippen molar-refractivity contribution in [2.75, 3.05) is 26.9 Å². The molecule has 2 aromatic heterocycles. The van der Waals surface area contributed by atoms with Gasteiger partial charge < -0.3 is 33.6 Å². The molecule has 0 spiro atoms. The Kier molecular flexibility index (Phi) is 22.6. The summed E-state index contributed by atoms with van der Waals surface area (Å²) in [6.07, 6.45) is 2.31. The quantitative estimate of drug-likeness (QED) is 0.0586. The van der Waals surface area contributed by atoms with Crippen LogP contribution >= 0.6 is 23.2 Å². The molecule has 0 aliphatic rings. The van der Waals surface area contributed by atoms with Gasteiger partial charge in [-0.3, -0.25) is 9.59 Å². The Bertz CT molecular complexity index is 3030. The molecule has 0 radical (unpaired) electrons. The van der Waals surface area contributed by atoms with Gasteiger partial charge in [0.25, 0.3) is 0 Å². The molecule has 0 unspecified atom stereocenters. The van der Waals surface area contributed by atoms with Crippen LogP contribution in [0.3, 0.4) is 0 Å². The minimum Gasteiger partial charge on any atom is -0.857 e. The van der Waals surface area contributed by atoms with Crippen LogP contribution in [0.25, 0.3) is 21.8 Å². The molecule has 384 valence electrons. The Morgan fingerprint density at radius 3 is 1.53 bits per heavy atom. The van der Waals surface area contributed by atoms with Crippen molar-refractivity contribution in [1.82, 2.24) is 9.13 Å². The van der Waals surface area contributed by atoms with Gasteiger partial charge in [-0.1, -0.05) is 95.9 Å². The van der Waals surface area contributed by atoms with Crippen LogP contribution in [0.4, 0.5) is 17.6 Å². The number of carboxylic acids is 1. The first-order valence-electron chi connectivity index (χ1n) is 22.9. The Morgan fingerprint density at radius 2 is 1.14 bits per heavy atom. The number of aromatic nitrogens is 2. The molecule has 2 N–H and O–H groups in total. The number of aliphatic hydroxyl groups excluding tert-OH is 1. The van der Waals surface area contributed by atoms with Gasteiger partial charge in [0.2, 0.25) is 10.9 Å². The van der Waals surface area contributed by atoms with E-state index in [2.05, 4.69) is 33.9 Å². The zero-order valence-corrected chi connectivity index (χ0v) is 47.2. The first-order chi connectivity index (χ1) is 33.2. The molecule has 0 bridgehead atoms. The van der Waals surface area contributed by atoms with Gasteiger partial charge in [-0.25, -0.2) is 27.2 Å². The molecule has 0 saturated heterocycles. The Balaban J connectivity index is 0.000000373. The van der Waals surface area contributed by atoms with Gasteiger partial charge in [0, 0.05) is 36.0 Å². The van der Waals surface area contributed by atoms with Crippen LogP contribution in [-0.4, -0.2) is 66.5 Å². The van der Waals surface area contributed by atoms with E-state index in [4.69, 9.17) is 37.5 Å². The van der Waals surface area contributed by atoms with E-state index in [0.717, 1.165) is 19.4 Å². The van der Waals surface area contributed by atoms with Crippen molar-refractivity contribution in [2.24, 2.45) is 11.8 Å². The van der Waals surface area contributed by atoms with Gasteiger partial charge in [-0.2, -0.15) is 7.11 Å². The van der Waals surface area contributed by atoms with Gasteiger partial charge in [-0.15, -0.1) is 0 Å². The first kappa shape index (κ1) is 61.9. The fourth-order valence-corrected chi connectivity index (χ4v) is 9.07. The molecule has 4 aromatic carbocycles. The second-order valence-corrected chi connectivity index (χ2v) is 24.8. The minimum absolute atomic E-state index is 0. The SMILES string of the molecule is CC(C)[C@@H](CO)n1cc(C(=O)O)c(=O)c2cc(Cc3cccc(Cl)c3F)c(F)cc21.CCOC(=O)c1cn([C@H](CO[Si](C)(C)C(C)(C)C)C(C)C)c2cc(F)c(Cc3cccc(Cl)c3F)cc2c1=O.C[O-].[Na+]. The van der Waals surface area contributed by atoms with Crippen molar-refractivity contribution in [3.63, 3.8) is 0 Å². The van der Waals surface area contributed by atoms with Gasteiger partial charge in [0.05, 0.1) is 53.0 Å². The Hall–Kier alpha value is -4.36. The monoisotopic (exact) mass is 1070 g/mol. The number of hydrogen-bond acceptors (Lipinski definition) is 8. The molecule has 2 heterocycles. The molecule has 6 aromatic rings. The average Bonchev–Trinajstić information content (AvgIpc) is 3.29. The fourth-order valence-electron chi connectivity index (χ4n) is 7.66. The number of aromatic carboxylic acids is 1. The molecule has 0 aliphatic carbocycles. The molecule has 0 amide bonds. The van der Waals surface area contributed by atoms with Gasteiger partial charge >= 0.3 is 41.5 Å². The summed E-state index contributed by atoms with van der Waals surface area (Å²) in [5.74, 6) is -4.87. The predicted molar refractivity (Wildman–Crippen MR) is 272 cm³/mol. The Labute approximate surface area is 450 Å². The van der Waals surface area contributed by atoms with Gasteiger partial charge in [0.1, 0.15) is 34.4 Å². The number of fused-ring (bicyclic) bond motifs is 2. The van der Waals surface area contributed by atoms with Crippen molar-refractivity contribution in [3.8, 4) is 0 Å². The van der Waals surface area contributed by atoms with E-state index in [9.17, 15) is 42.6 Å². The maximum Gasteiger partial charge on any atom is 1.00 e. The molecule has 0 aliphatic heterocycles. The third-order valence-electron chi connectivity index (χ3n) is 12.8. The Morgan fingerprint density at radius 1 is 0.722 bits per heavy atom. The summed E-state index contributed by atoms with van der Waals surface area (Å²) in [4.78, 5) is 50.7. The minimum atomic E-state index is -2.13. The van der Waals surface area contributed by atoms with Crippen molar-refractivity contribution in [3.05, 3.63) is 160 Å². The molecule has 0 fully saturated rings. The summed E-state index contributed by atoms with van der Waals surface area (Å²) >= 11 is 11.7.